The van der Waals surface area contributed by atoms with Gasteiger partial charge in [-0.15, -0.1) is 0 Å². The fraction of sp³-hybridized carbons (Fsp3) is 0.412. The summed E-state index contributed by atoms with van der Waals surface area (Å²) in [6, 6.07) is 4.07. The molecule has 4 rings (SSSR count). The molecule has 0 amide bonds. The van der Waals surface area contributed by atoms with Gasteiger partial charge in [-0.05, 0) is 18.9 Å². The summed E-state index contributed by atoms with van der Waals surface area (Å²) in [7, 11) is 0. The first kappa shape index (κ1) is 14.8. The number of aromatic nitrogens is 5. The van der Waals surface area contributed by atoms with Crippen molar-refractivity contribution in [2.24, 2.45) is 5.92 Å². The molecule has 0 spiro atoms. The summed E-state index contributed by atoms with van der Waals surface area (Å²) in [5.41, 5.74) is 2.49. The van der Waals surface area contributed by atoms with E-state index in [9.17, 15) is 10.4 Å². The molecule has 0 radical (unpaired) electrons. The maximum absolute atomic E-state index is 10.2. The number of hydrogen-bond acceptors (Lipinski definition) is 5. The summed E-state index contributed by atoms with van der Waals surface area (Å²) in [4.78, 5) is 11.7. The summed E-state index contributed by atoms with van der Waals surface area (Å²) in [5, 5.41) is 24.8. The van der Waals surface area contributed by atoms with Gasteiger partial charge in [-0.2, -0.15) is 10.4 Å². The van der Waals surface area contributed by atoms with Crippen LogP contribution in [0.1, 0.15) is 31.7 Å². The molecule has 3 atom stereocenters. The Morgan fingerprint density at radius 3 is 3.12 bits per heavy atom. The van der Waals surface area contributed by atoms with Crippen LogP contribution >= 0.6 is 0 Å². The number of nitrogens with one attached hydrogen (secondary N) is 1. The molecular formula is C17H18N6O. The topological polar surface area (TPSA) is 103 Å². The van der Waals surface area contributed by atoms with E-state index in [1.54, 1.807) is 6.20 Å². The van der Waals surface area contributed by atoms with E-state index in [4.69, 9.17) is 0 Å². The third-order valence-corrected chi connectivity index (χ3v) is 4.89. The summed E-state index contributed by atoms with van der Waals surface area (Å²) < 4.78 is 1.82. The smallest absolute Gasteiger partial charge is 0.141 e. The average Bonchev–Trinajstić information content (AvgIpc) is 3.32. The maximum Gasteiger partial charge on any atom is 0.141 e. The molecule has 0 bridgehead atoms. The van der Waals surface area contributed by atoms with E-state index in [0.29, 0.717) is 6.42 Å². The molecule has 3 aromatic heterocycles. The summed E-state index contributed by atoms with van der Waals surface area (Å²) >= 11 is 0. The van der Waals surface area contributed by atoms with Crippen molar-refractivity contribution in [3.63, 3.8) is 0 Å². The Kier molecular flexibility index (Phi) is 3.75. The Bertz CT molecular complexity index is 892. The van der Waals surface area contributed by atoms with Crippen LogP contribution in [0, 0.1) is 17.2 Å². The molecule has 122 valence electrons. The molecule has 1 saturated carbocycles. The fourth-order valence-corrected chi connectivity index (χ4v) is 3.70. The molecular weight excluding hydrogens is 304 g/mol. The number of nitrogens with zero attached hydrogens (tertiary/aromatic N) is 5. The fourth-order valence-electron chi connectivity index (χ4n) is 3.70. The first-order valence-electron chi connectivity index (χ1n) is 8.15. The Balaban J connectivity index is 1.70. The first-order chi connectivity index (χ1) is 11.8. The number of rotatable bonds is 4. The van der Waals surface area contributed by atoms with Crippen LogP contribution in [0.25, 0.3) is 22.3 Å². The molecule has 7 nitrogen and oxygen atoms in total. The lowest BCUT2D eigenvalue weighted by molar-refractivity contribution is 0.0977. The van der Waals surface area contributed by atoms with Crippen molar-refractivity contribution < 1.29 is 5.11 Å². The minimum atomic E-state index is -0.355. The molecule has 1 aliphatic rings. The second kappa shape index (κ2) is 6.06. The van der Waals surface area contributed by atoms with E-state index < -0.39 is 0 Å². The number of aromatic amines is 1. The second-order valence-electron chi connectivity index (χ2n) is 6.26. The number of H-pyrrole nitrogens is 1. The minimum Gasteiger partial charge on any atom is -0.393 e. The molecule has 0 aliphatic heterocycles. The lowest BCUT2D eigenvalue weighted by atomic mass is 9.94. The van der Waals surface area contributed by atoms with Crippen molar-refractivity contribution >= 4 is 11.0 Å². The lowest BCUT2D eigenvalue weighted by Gasteiger charge is -2.24. The monoisotopic (exact) mass is 322 g/mol. The molecule has 3 aromatic rings. The summed E-state index contributed by atoms with van der Waals surface area (Å²) in [5.74, 6) is 0.0788. The van der Waals surface area contributed by atoms with E-state index in [2.05, 4.69) is 26.1 Å². The molecule has 0 unspecified atom stereocenters. The van der Waals surface area contributed by atoms with Gasteiger partial charge >= 0.3 is 0 Å². The second-order valence-corrected chi connectivity index (χ2v) is 6.26. The standard InChI is InChI=1S/C17H18N6O/c18-6-4-14(12-2-1-3-15(12)24)23-9-11(8-22-23)16-13-5-7-19-17(13)21-10-20-16/h5,7-10,12,14-15,24H,1-4H2,(H,19,20,21)/t12-,14-,15-/m0/s1. The zero-order valence-electron chi connectivity index (χ0n) is 13.1. The van der Waals surface area contributed by atoms with E-state index >= 15 is 0 Å². The SMILES string of the molecule is N#CC[C@@H]([C@@H]1CCC[C@@H]1O)n1cc(-c2ncnc3[nH]ccc23)cn1. The van der Waals surface area contributed by atoms with Gasteiger partial charge in [0.1, 0.15) is 12.0 Å². The normalized spacial score (nSPS) is 21.8. The van der Waals surface area contributed by atoms with Crippen LogP contribution in [0.4, 0.5) is 0 Å². The van der Waals surface area contributed by atoms with E-state index in [0.717, 1.165) is 41.6 Å². The van der Waals surface area contributed by atoms with Gasteiger partial charge in [-0.1, -0.05) is 6.42 Å². The molecule has 1 aliphatic carbocycles. The van der Waals surface area contributed by atoms with Crippen LogP contribution in [0.3, 0.4) is 0 Å². The van der Waals surface area contributed by atoms with Gasteiger partial charge in [0.15, 0.2) is 0 Å². The van der Waals surface area contributed by atoms with Crippen LogP contribution < -0.4 is 0 Å². The maximum atomic E-state index is 10.2. The Morgan fingerprint density at radius 2 is 2.33 bits per heavy atom. The van der Waals surface area contributed by atoms with Crippen LogP contribution in [-0.2, 0) is 0 Å². The van der Waals surface area contributed by atoms with Gasteiger partial charge in [0.25, 0.3) is 0 Å². The zero-order valence-corrected chi connectivity index (χ0v) is 13.1. The number of nitriles is 1. The molecule has 24 heavy (non-hydrogen) atoms. The molecule has 0 aromatic carbocycles. The third-order valence-electron chi connectivity index (χ3n) is 4.89. The highest BCUT2D eigenvalue weighted by Gasteiger charge is 2.34. The average molecular weight is 322 g/mol. The number of hydrogen-bond donors (Lipinski definition) is 2. The van der Waals surface area contributed by atoms with Crippen LogP contribution in [-0.4, -0.2) is 35.9 Å². The van der Waals surface area contributed by atoms with Crippen LogP contribution in [0.15, 0.2) is 31.0 Å². The highest BCUT2D eigenvalue weighted by molar-refractivity contribution is 5.89. The molecule has 3 heterocycles. The number of aliphatic hydroxyl groups excluding tert-OH is 1. The van der Waals surface area contributed by atoms with Gasteiger partial charge in [0.05, 0.1) is 36.5 Å². The van der Waals surface area contributed by atoms with Crippen molar-refractivity contribution in [3.8, 4) is 17.3 Å². The first-order valence-corrected chi connectivity index (χ1v) is 8.15. The van der Waals surface area contributed by atoms with Crippen molar-refractivity contribution in [1.29, 1.82) is 5.26 Å². The lowest BCUT2D eigenvalue weighted by Crippen LogP contribution is -2.26. The molecule has 2 N–H and O–H groups in total. The van der Waals surface area contributed by atoms with Crippen LogP contribution in [0.5, 0.6) is 0 Å². The quantitative estimate of drug-likeness (QED) is 0.768. The predicted molar refractivity (Wildman–Crippen MR) is 87.7 cm³/mol. The van der Waals surface area contributed by atoms with E-state index in [1.807, 2.05) is 23.1 Å². The minimum absolute atomic E-state index is 0.0788. The van der Waals surface area contributed by atoms with Gasteiger partial charge < -0.3 is 10.1 Å². The largest absolute Gasteiger partial charge is 0.393 e. The van der Waals surface area contributed by atoms with Crippen LogP contribution in [0.2, 0.25) is 0 Å². The predicted octanol–water partition coefficient (Wildman–Crippen LogP) is 2.44. The third kappa shape index (κ3) is 2.45. The Morgan fingerprint density at radius 1 is 1.42 bits per heavy atom. The molecule has 0 saturated heterocycles. The summed E-state index contributed by atoms with van der Waals surface area (Å²) in [6.07, 6.45) is 9.76. The number of fused-ring (bicyclic) bond motifs is 1. The van der Waals surface area contributed by atoms with Gasteiger partial charge in [-0.25, -0.2) is 9.97 Å². The van der Waals surface area contributed by atoms with Gasteiger partial charge in [-0.3, -0.25) is 4.68 Å². The highest BCUT2D eigenvalue weighted by Crippen LogP contribution is 2.37. The Hall–Kier alpha value is -2.72. The number of aliphatic hydroxyl groups is 1. The van der Waals surface area contributed by atoms with Crippen molar-refractivity contribution in [3.05, 3.63) is 31.0 Å². The van der Waals surface area contributed by atoms with Gasteiger partial charge in [0.2, 0.25) is 0 Å². The van der Waals surface area contributed by atoms with E-state index in [-0.39, 0.29) is 18.1 Å². The molecule has 1 fully saturated rings. The van der Waals surface area contributed by atoms with Crippen molar-refractivity contribution in [2.45, 2.75) is 37.8 Å². The Labute approximate surface area is 139 Å². The summed E-state index contributed by atoms with van der Waals surface area (Å²) in [6.45, 7) is 0. The molecule has 7 heteroatoms. The zero-order chi connectivity index (χ0) is 16.5. The highest BCUT2D eigenvalue weighted by atomic mass is 16.3. The van der Waals surface area contributed by atoms with Gasteiger partial charge in [0, 0.05) is 29.3 Å². The van der Waals surface area contributed by atoms with Crippen molar-refractivity contribution in [2.75, 3.05) is 0 Å². The van der Waals surface area contributed by atoms with Crippen molar-refractivity contribution in [1.82, 2.24) is 24.7 Å². The van der Waals surface area contributed by atoms with E-state index in [1.165, 1.54) is 6.33 Å².